The Morgan fingerprint density at radius 1 is 1.22 bits per heavy atom. The van der Waals surface area contributed by atoms with Gasteiger partial charge in [-0.3, -0.25) is 0 Å². The van der Waals surface area contributed by atoms with Crippen LogP contribution in [0.25, 0.3) is 0 Å². The first-order valence-electron chi connectivity index (χ1n) is 5.23. The van der Waals surface area contributed by atoms with Crippen LogP contribution >= 0.6 is 11.3 Å². The monoisotopic (exact) mass is 269 g/mol. The van der Waals surface area contributed by atoms with E-state index in [-0.39, 0.29) is 11.5 Å². The van der Waals surface area contributed by atoms with E-state index in [1.54, 1.807) is 12.1 Å². The average Bonchev–Trinajstić information content (AvgIpc) is 2.91. The van der Waals surface area contributed by atoms with Crippen molar-refractivity contribution in [1.82, 2.24) is 0 Å². The highest BCUT2D eigenvalue weighted by atomic mass is 32.1. The van der Waals surface area contributed by atoms with Gasteiger partial charge in [0.05, 0.1) is 6.04 Å². The summed E-state index contributed by atoms with van der Waals surface area (Å²) in [5.41, 5.74) is 7.39. The molecule has 94 valence electrons. The predicted octanol–water partition coefficient (Wildman–Crippen LogP) is 3.12. The second-order valence-corrected chi connectivity index (χ2v) is 4.66. The topological polar surface area (TPSA) is 44.5 Å². The van der Waals surface area contributed by atoms with Crippen molar-refractivity contribution in [3.05, 3.63) is 46.2 Å². The highest BCUT2D eigenvalue weighted by Crippen LogP contribution is 2.45. The quantitative estimate of drug-likeness (QED) is 0.911. The summed E-state index contributed by atoms with van der Waals surface area (Å²) in [6.07, 6.45) is -3.62. The zero-order valence-corrected chi connectivity index (χ0v) is 9.92. The summed E-state index contributed by atoms with van der Waals surface area (Å²) in [7, 11) is 0. The Kier molecular flexibility index (Phi) is 2.49. The van der Waals surface area contributed by atoms with Gasteiger partial charge in [0.1, 0.15) is 0 Å². The van der Waals surface area contributed by atoms with Gasteiger partial charge in [-0.15, -0.1) is 8.78 Å². The van der Waals surface area contributed by atoms with Crippen LogP contribution in [-0.4, -0.2) is 6.29 Å². The number of hydrogen-bond donors (Lipinski definition) is 1. The Hall–Kier alpha value is -1.66. The van der Waals surface area contributed by atoms with E-state index in [2.05, 4.69) is 9.47 Å². The molecule has 0 aliphatic carbocycles. The van der Waals surface area contributed by atoms with Crippen molar-refractivity contribution in [3.63, 3.8) is 0 Å². The first-order chi connectivity index (χ1) is 8.57. The van der Waals surface area contributed by atoms with Crippen LogP contribution in [0.4, 0.5) is 8.78 Å². The van der Waals surface area contributed by atoms with Crippen LogP contribution in [0.1, 0.15) is 17.2 Å². The standard InChI is InChI=1S/C12H9F2NO2S/c13-12(14)16-9-3-1-2-8(11(9)17-12)10(15)7-4-5-18-6-7/h1-6,10H,15H2/t10-/m0/s1. The van der Waals surface area contributed by atoms with Crippen LogP contribution in [0.3, 0.4) is 0 Å². The molecule has 1 aliphatic rings. The number of hydrogen-bond acceptors (Lipinski definition) is 4. The summed E-state index contributed by atoms with van der Waals surface area (Å²) in [4.78, 5) is 0. The Balaban J connectivity index is 2.03. The molecule has 1 aliphatic heterocycles. The summed E-state index contributed by atoms with van der Waals surface area (Å²) in [6.45, 7) is 0. The van der Waals surface area contributed by atoms with Crippen molar-refractivity contribution in [1.29, 1.82) is 0 Å². The third-order valence-corrected chi connectivity index (χ3v) is 3.40. The summed E-state index contributed by atoms with van der Waals surface area (Å²) in [5.74, 6) is 0.0318. The molecule has 2 aromatic rings. The molecule has 0 saturated carbocycles. The minimum atomic E-state index is -3.62. The van der Waals surface area contributed by atoms with E-state index in [9.17, 15) is 8.78 Å². The minimum absolute atomic E-state index is 0.0150. The van der Waals surface area contributed by atoms with Crippen LogP contribution < -0.4 is 15.2 Å². The fourth-order valence-corrected chi connectivity index (χ4v) is 2.56. The molecule has 0 unspecified atom stereocenters. The van der Waals surface area contributed by atoms with Crippen LogP contribution in [-0.2, 0) is 0 Å². The second-order valence-electron chi connectivity index (χ2n) is 3.88. The molecule has 6 heteroatoms. The van der Waals surface area contributed by atoms with E-state index in [1.165, 1.54) is 17.4 Å². The Bertz CT molecular complexity index is 571. The molecule has 3 nitrogen and oxygen atoms in total. The van der Waals surface area contributed by atoms with Crippen molar-refractivity contribution in [3.8, 4) is 11.5 Å². The highest BCUT2D eigenvalue weighted by molar-refractivity contribution is 7.08. The van der Waals surface area contributed by atoms with Gasteiger partial charge in [0.25, 0.3) is 0 Å². The molecule has 3 rings (SSSR count). The number of halogens is 2. The van der Waals surface area contributed by atoms with E-state index in [0.29, 0.717) is 5.56 Å². The van der Waals surface area contributed by atoms with E-state index in [1.807, 2.05) is 16.8 Å². The zero-order chi connectivity index (χ0) is 12.8. The molecule has 1 aromatic heterocycles. The highest BCUT2D eigenvalue weighted by Gasteiger charge is 2.44. The maximum atomic E-state index is 13.0. The third kappa shape index (κ3) is 1.83. The van der Waals surface area contributed by atoms with Gasteiger partial charge in [-0.25, -0.2) is 0 Å². The van der Waals surface area contributed by atoms with Crippen LogP contribution in [0, 0.1) is 0 Å². The first kappa shape index (κ1) is 11.4. The third-order valence-electron chi connectivity index (χ3n) is 2.70. The minimum Gasteiger partial charge on any atom is -0.395 e. The molecule has 0 spiro atoms. The number of ether oxygens (including phenoxy) is 2. The normalized spacial score (nSPS) is 17.7. The molecular weight excluding hydrogens is 260 g/mol. The molecule has 0 radical (unpaired) electrons. The van der Waals surface area contributed by atoms with Crippen molar-refractivity contribution in [2.24, 2.45) is 5.73 Å². The van der Waals surface area contributed by atoms with E-state index >= 15 is 0 Å². The summed E-state index contributed by atoms with van der Waals surface area (Å²) in [6, 6.07) is 6.04. The first-order valence-corrected chi connectivity index (χ1v) is 6.17. The van der Waals surface area contributed by atoms with Crippen LogP contribution in [0.5, 0.6) is 11.5 Å². The molecule has 0 amide bonds. The largest absolute Gasteiger partial charge is 0.586 e. The number of rotatable bonds is 2. The summed E-state index contributed by atoms with van der Waals surface area (Å²) >= 11 is 1.50. The van der Waals surface area contributed by atoms with Crippen molar-refractivity contribution < 1.29 is 18.3 Å². The number of alkyl halides is 2. The average molecular weight is 269 g/mol. The lowest BCUT2D eigenvalue weighted by atomic mass is 10.0. The Morgan fingerprint density at radius 3 is 2.78 bits per heavy atom. The van der Waals surface area contributed by atoms with Gasteiger partial charge in [0.2, 0.25) is 0 Å². The zero-order valence-electron chi connectivity index (χ0n) is 9.10. The molecule has 2 heterocycles. The maximum Gasteiger partial charge on any atom is 0.586 e. The number of para-hydroxylation sites is 1. The SMILES string of the molecule is N[C@@H](c1ccsc1)c1cccc2c1OC(F)(F)O2. The molecule has 0 saturated heterocycles. The van der Waals surface area contributed by atoms with Crippen molar-refractivity contribution in [2.45, 2.75) is 12.3 Å². The second kappa shape index (κ2) is 3.93. The van der Waals surface area contributed by atoms with Gasteiger partial charge >= 0.3 is 6.29 Å². The van der Waals surface area contributed by atoms with Gasteiger partial charge in [0, 0.05) is 5.56 Å². The summed E-state index contributed by atoms with van der Waals surface area (Å²) < 4.78 is 35.0. The smallest absolute Gasteiger partial charge is 0.395 e. The lowest BCUT2D eigenvalue weighted by Crippen LogP contribution is -2.26. The van der Waals surface area contributed by atoms with Crippen molar-refractivity contribution in [2.75, 3.05) is 0 Å². The van der Waals surface area contributed by atoms with Gasteiger partial charge in [-0.05, 0) is 28.5 Å². The summed E-state index contributed by atoms with van der Waals surface area (Å²) in [5, 5.41) is 3.75. The van der Waals surface area contributed by atoms with Gasteiger partial charge in [-0.2, -0.15) is 11.3 Å². The number of nitrogens with two attached hydrogens (primary N) is 1. The fourth-order valence-electron chi connectivity index (χ4n) is 1.87. The Labute approximate surface area is 106 Å². The molecule has 2 N–H and O–H groups in total. The molecule has 1 aromatic carbocycles. The lowest BCUT2D eigenvalue weighted by molar-refractivity contribution is -0.287. The molecular formula is C12H9F2NO2S. The van der Waals surface area contributed by atoms with Gasteiger partial charge < -0.3 is 15.2 Å². The van der Waals surface area contributed by atoms with Crippen LogP contribution in [0.2, 0.25) is 0 Å². The number of fused-ring (bicyclic) bond motifs is 1. The van der Waals surface area contributed by atoms with Crippen molar-refractivity contribution >= 4 is 11.3 Å². The van der Waals surface area contributed by atoms with E-state index in [4.69, 9.17) is 5.73 Å². The molecule has 1 atom stereocenters. The van der Waals surface area contributed by atoms with Crippen LogP contribution in [0.15, 0.2) is 35.0 Å². The Morgan fingerprint density at radius 2 is 2.06 bits per heavy atom. The fraction of sp³-hybridized carbons (Fsp3) is 0.167. The maximum absolute atomic E-state index is 13.0. The predicted molar refractivity (Wildman–Crippen MR) is 63.0 cm³/mol. The number of benzene rings is 1. The lowest BCUT2D eigenvalue weighted by Gasteiger charge is -2.13. The molecule has 0 fully saturated rings. The van der Waals surface area contributed by atoms with E-state index < -0.39 is 12.3 Å². The van der Waals surface area contributed by atoms with E-state index in [0.717, 1.165) is 5.56 Å². The molecule has 18 heavy (non-hydrogen) atoms. The molecule has 0 bridgehead atoms. The van der Waals surface area contributed by atoms with Gasteiger partial charge in [-0.1, -0.05) is 12.1 Å². The van der Waals surface area contributed by atoms with Gasteiger partial charge in [0.15, 0.2) is 11.5 Å². The number of thiophene rings is 1.